The van der Waals surface area contributed by atoms with Gasteiger partial charge in [0.1, 0.15) is 0 Å². The van der Waals surface area contributed by atoms with Crippen LogP contribution in [0.25, 0.3) is 0 Å². The first-order chi connectivity index (χ1) is 7.41. The topological polar surface area (TPSA) is 0 Å². The summed E-state index contributed by atoms with van der Waals surface area (Å²) in [7, 11) is 0. The molecular weight excluding hydrogens is 204 g/mol. The maximum absolute atomic E-state index is 5.61. The highest BCUT2D eigenvalue weighted by Crippen LogP contribution is 2.07. The van der Waals surface area contributed by atoms with Crippen LogP contribution < -0.4 is 0 Å². The minimum Gasteiger partial charge on any atom is -0.127 e. The molecule has 0 aliphatic carbocycles. The Balaban J connectivity index is 2.99. The quantitative estimate of drug-likeness (QED) is 0.291. The van der Waals surface area contributed by atoms with Gasteiger partial charge in [0, 0.05) is 18.7 Å². The molecule has 0 aliphatic rings. The van der Waals surface area contributed by atoms with E-state index in [-0.39, 0.29) is 0 Å². The molecule has 0 N–H and O–H groups in total. The Kier molecular flexibility index (Phi) is 13.7. The highest BCUT2D eigenvalue weighted by atomic mass is 35.5. The molecular formula is C14H25Cl. The molecule has 0 fully saturated rings. The largest absolute Gasteiger partial charge is 0.127 e. The average molecular weight is 229 g/mol. The van der Waals surface area contributed by atoms with Gasteiger partial charge >= 0.3 is 0 Å². The Morgan fingerprint density at radius 1 is 0.733 bits per heavy atom. The van der Waals surface area contributed by atoms with E-state index in [1.807, 2.05) is 0 Å². The molecule has 0 aromatic carbocycles. The second-order valence-electron chi connectivity index (χ2n) is 4.02. The fraction of sp³-hybridized carbons (Fsp3) is 0.857. The molecule has 0 aromatic rings. The van der Waals surface area contributed by atoms with Crippen LogP contribution in [0.1, 0.15) is 71.1 Å². The first-order valence-electron chi connectivity index (χ1n) is 6.43. The van der Waals surface area contributed by atoms with Gasteiger partial charge < -0.3 is 0 Å². The molecule has 0 amide bonds. The molecule has 0 bridgehead atoms. The van der Waals surface area contributed by atoms with E-state index in [1.165, 1.54) is 51.4 Å². The molecule has 0 nitrogen and oxygen atoms in total. The number of hydrogen-bond donors (Lipinski definition) is 0. The van der Waals surface area contributed by atoms with Crippen LogP contribution in [0.4, 0.5) is 0 Å². The van der Waals surface area contributed by atoms with E-state index in [2.05, 4.69) is 18.8 Å². The lowest BCUT2D eigenvalue weighted by molar-refractivity contribution is 0.615. The molecule has 0 atom stereocenters. The van der Waals surface area contributed by atoms with Crippen LogP contribution in [0.2, 0.25) is 0 Å². The van der Waals surface area contributed by atoms with Crippen LogP contribution in [-0.4, -0.2) is 5.88 Å². The fourth-order valence-corrected chi connectivity index (χ4v) is 1.65. The smallest absolute Gasteiger partial charge is 0.0223 e. The van der Waals surface area contributed by atoms with Gasteiger partial charge in [-0.2, -0.15) is 0 Å². The van der Waals surface area contributed by atoms with Gasteiger partial charge in [0.05, 0.1) is 0 Å². The van der Waals surface area contributed by atoms with Crippen molar-refractivity contribution in [1.29, 1.82) is 0 Å². The van der Waals surface area contributed by atoms with Gasteiger partial charge in [-0.25, -0.2) is 0 Å². The summed E-state index contributed by atoms with van der Waals surface area (Å²) < 4.78 is 0. The zero-order chi connectivity index (χ0) is 11.2. The number of unbranched alkanes of at least 4 members (excludes halogenated alkanes) is 8. The number of halogens is 1. The van der Waals surface area contributed by atoms with Crippen LogP contribution in [0.3, 0.4) is 0 Å². The maximum atomic E-state index is 5.61. The first kappa shape index (κ1) is 14.8. The molecule has 88 valence electrons. The molecule has 0 saturated heterocycles. The third kappa shape index (κ3) is 13.9. The molecule has 15 heavy (non-hydrogen) atoms. The van der Waals surface area contributed by atoms with Gasteiger partial charge in [-0.3, -0.25) is 0 Å². The summed E-state index contributed by atoms with van der Waals surface area (Å²) in [6.45, 7) is 2.21. The Morgan fingerprint density at radius 3 is 1.87 bits per heavy atom. The Labute approximate surface area is 101 Å². The summed E-state index contributed by atoms with van der Waals surface area (Å²) in [5, 5.41) is 0. The summed E-state index contributed by atoms with van der Waals surface area (Å²) >= 11 is 5.61. The summed E-state index contributed by atoms with van der Waals surface area (Å²) in [5.74, 6) is 7.30. The highest BCUT2D eigenvalue weighted by Gasteiger charge is 1.89. The highest BCUT2D eigenvalue weighted by molar-refractivity contribution is 6.17. The van der Waals surface area contributed by atoms with Crippen LogP contribution in [0, 0.1) is 11.8 Å². The lowest BCUT2D eigenvalue weighted by Crippen LogP contribution is -1.80. The Hall–Kier alpha value is -0.150. The van der Waals surface area contributed by atoms with Gasteiger partial charge in [0.25, 0.3) is 0 Å². The van der Waals surface area contributed by atoms with Crippen LogP contribution in [-0.2, 0) is 0 Å². The van der Waals surface area contributed by atoms with Crippen molar-refractivity contribution >= 4 is 11.6 Å². The average Bonchev–Trinajstić information content (AvgIpc) is 2.26. The van der Waals surface area contributed by atoms with Crippen molar-refractivity contribution in [2.45, 2.75) is 71.1 Å². The molecule has 0 saturated carbocycles. The third-order valence-electron chi connectivity index (χ3n) is 2.47. The molecule has 0 unspecified atom stereocenters. The van der Waals surface area contributed by atoms with Crippen molar-refractivity contribution in [3.63, 3.8) is 0 Å². The lowest BCUT2D eigenvalue weighted by atomic mass is 10.1. The Bertz CT molecular complexity index is 164. The van der Waals surface area contributed by atoms with E-state index in [9.17, 15) is 0 Å². The van der Waals surface area contributed by atoms with Crippen molar-refractivity contribution in [3.8, 4) is 11.8 Å². The second-order valence-corrected chi connectivity index (χ2v) is 4.40. The SMILES string of the molecule is CCCCC#CCCCCCCCCCl. The van der Waals surface area contributed by atoms with Crippen LogP contribution in [0.15, 0.2) is 0 Å². The van der Waals surface area contributed by atoms with Gasteiger partial charge in [-0.1, -0.05) is 39.0 Å². The van der Waals surface area contributed by atoms with E-state index < -0.39 is 0 Å². The third-order valence-corrected chi connectivity index (χ3v) is 2.73. The molecule has 0 aromatic heterocycles. The van der Waals surface area contributed by atoms with E-state index in [4.69, 9.17) is 11.6 Å². The van der Waals surface area contributed by atoms with Gasteiger partial charge in [0.2, 0.25) is 0 Å². The minimum absolute atomic E-state index is 0.822. The zero-order valence-electron chi connectivity index (χ0n) is 10.2. The summed E-state index contributed by atoms with van der Waals surface area (Å²) in [4.78, 5) is 0. The summed E-state index contributed by atoms with van der Waals surface area (Å²) in [6, 6.07) is 0. The standard InChI is InChI=1S/C14H25Cl/c1-2-3-4-5-6-7-8-9-10-11-12-13-14-15/h2-4,7-14H2,1H3. The predicted molar refractivity (Wildman–Crippen MR) is 70.3 cm³/mol. The molecule has 0 radical (unpaired) electrons. The number of rotatable bonds is 9. The normalized spacial score (nSPS) is 9.73. The van der Waals surface area contributed by atoms with Crippen molar-refractivity contribution in [1.82, 2.24) is 0 Å². The molecule has 1 heteroatoms. The maximum Gasteiger partial charge on any atom is 0.0223 e. The van der Waals surface area contributed by atoms with E-state index in [0.717, 1.165) is 18.7 Å². The van der Waals surface area contributed by atoms with Gasteiger partial charge in [0.15, 0.2) is 0 Å². The van der Waals surface area contributed by atoms with Crippen molar-refractivity contribution in [2.75, 3.05) is 5.88 Å². The minimum atomic E-state index is 0.822. The first-order valence-corrected chi connectivity index (χ1v) is 6.97. The summed E-state index contributed by atoms with van der Waals surface area (Å²) in [6.07, 6.45) is 12.5. The lowest BCUT2D eigenvalue weighted by Gasteiger charge is -1.97. The van der Waals surface area contributed by atoms with Crippen molar-refractivity contribution in [3.05, 3.63) is 0 Å². The molecule has 0 heterocycles. The van der Waals surface area contributed by atoms with E-state index in [0.29, 0.717) is 0 Å². The second kappa shape index (κ2) is 13.8. The van der Waals surface area contributed by atoms with Crippen molar-refractivity contribution < 1.29 is 0 Å². The van der Waals surface area contributed by atoms with Crippen LogP contribution >= 0.6 is 11.6 Å². The molecule has 0 aliphatic heterocycles. The van der Waals surface area contributed by atoms with Gasteiger partial charge in [-0.05, 0) is 19.3 Å². The fourth-order valence-electron chi connectivity index (χ4n) is 1.46. The van der Waals surface area contributed by atoms with Crippen LogP contribution in [0.5, 0.6) is 0 Å². The molecule has 0 rings (SSSR count). The molecule has 0 spiro atoms. The summed E-state index contributed by atoms with van der Waals surface area (Å²) in [5.41, 5.74) is 0. The Morgan fingerprint density at radius 2 is 1.27 bits per heavy atom. The van der Waals surface area contributed by atoms with E-state index >= 15 is 0 Å². The monoisotopic (exact) mass is 228 g/mol. The van der Waals surface area contributed by atoms with Crippen molar-refractivity contribution in [2.24, 2.45) is 0 Å². The zero-order valence-corrected chi connectivity index (χ0v) is 10.9. The van der Waals surface area contributed by atoms with Gasteiger partial charge in [-0.15, -0.1) is 23.4 Å². The number of hydrogen-bond acceptors (Lipinski definition) is 0. The number of alkyl halides is 1. The predicted octanol–water partition coefficient (Wildman–Crippen LogP) is 5.15. The van der Waals surface area contributed by atoms with E-state index in [1.54, 1.807) is 0 Å².